The van der Waals surface area contributed by atoms with Gasteiger partial charge in [0.1, 0.15) is 0 Å². The molecule has 33 heavy (non-hydrogen) atoms. The van der Waals surface area contributed by atoms with Crippen molar-refractivity contribution in [2.75, 3.05) is 39.1 Å². The third kappa shape index (κ3) is 4.61. The van der Waals surface area contributed by atoms with Gasteiger partial charge in [-0.2, -0.15) is 0 Å². The minimum atomic E-state index is -0.0624. The monoisotopic (exact) mass is 483 g/mol. The van der Waals surface area contributed by atoms with Crippen LogP contribution in [-0.2, 0) is 0 Å². The van der Waals surface area contributed by atoms with E-state index in [0.29, 0.717) is 0 Å². The quantitative estimate of drug-likeness (QED) is 0.562. The molecule has 0 unspecified atom stereocenters. The molecule has 2 aliphatic heterocycles. The lowest BCUT2D eigenvalue weighted by molar-refractivity contribution is 0.293. The number of nitrogens with one attached hydrogen (secondary N) is 1. The van der Waals surface area contributed by atoms with Gasteiger partial charge in [-0.3, -0.25) is 4.98 Å². The maximum Gasteiger partial charge on any atom is 0.170 e. The van der Waals surface area contributed by atoms with Crippen molar-refractivity contribution in [1.29, 1.82) is 0 Å². The Kier molecular flexibility index (Phi) is 6.72. The number of allylic oxidation sites excluding steroid dienone is 1. The first-order valence-corrected chi connectivity index (χ1v) is 12.3. The number of aromatic nitrogens is 1. The summed E-state index contributed by atoms with van der Waals surface area (Å²) in [6.45, 7) is 8.50. The highest BCUT2D eigenvalue weighted by Crippen LogP contribution is 2.46. The molecule has 1 N–H and O–H groups in total. The maximum atomic E-state index is 7.03. The molecule has 0 spiro atoms. The smallest absolute Gasteiger partial charge is 0.170 e. The van der Waals surface area contributed by atoms with E-state index in [1.807, 2.05) is 18.3 Å². The standard InChI is InChI=1S/C26H34ClN5S/c1-17-16-26(2,3)31(6)22-15-20(27)19(14-18(17)22)24-23(21-10-7-8-11-28-21)29-25(33)32(24)13-9-12-30(4)5/h7-8,10-11,14-16,23-24H,9,12-13H2,1-6H3,(H,29,33)/t23-,24-/m1/s1. The van der Waals surface area contributed by atoms with Crippen LogP contribution in [0.1, 0.15) is 56.1 Å². The van der Waals surface area contributed by atoms with Gasteiger partial charge in [0, 0.05) is 36.1 Å². The number of thiocarbonyl (C=S) groups is 1. The number of rotatable bonds is 6. The summed E-state index contributed by atoms with van der Waals surface area (Å²) in [5, 5.41) is 5.07. The van der Waals surface area contributed by atoms with Crippen molar-refractivity contribution < 1.29 is 0 Å². The molecule has 2 aliphatic rings. The zero-order chi connectivity index (χ0) is 23.9. The van der Waals surface area contributed by atoms with Crippen LogP contribution < -0.4 is 10.2 Å². The van der Waals surface area contributed by atoms with Crippen molar-refractivity contribution >= 4 is 40.2 Å². The van der Waals surface area contributed by atoms with E-state index in [2.05, 4.69) is 91.2 Å². The Balaban J connectivity index is 1.80. The lowest BCUT2D eigenvalue weighted by Gasteiger charge is -2.41. The number of pyridine rings is 1. The van der Waals surface area contributed by atoms with Gasteiger partial charge in [0.15, 0.2) is 5.11 Å². The zero-order valence-electron chi connectivity index (χ0n) is 20.4. The van der Waals surface area contributed by atoms with Crippen LogP contribution in [-0.4, -0.2) is 59.7 Å². The van der Waals surface area contributed by atoms with Crippen LogP contribution >= 0.6 is 23.8 Å². The van der Waals surface area contributed by atoms with Crippen molar-refractivity contribution in [1.82, 2.24) is 20.1 Å². The molecule has 5 nitrogen and oxygen atoms in total. The van der Waals surface area contributed by atoms with E-state index in [1.165, 1.54) is 11.1 Å². The van der Waals surface area contributed by atoms with Crippen LogP contribution in [0.2, 0.25) is 5.02 Å². The van der Waals surface area contributed by atoms with Crippen molar-refractivity contribution in [3.8, 4) is 0 Å². The fraction of sp³-hybridized carbons (Fsp3) is 0.462. The average molecular weight is 484 g/mol. The number of benzene rings is 1. The Morgan fingerprint density at radius 2 is 2.00 bits per heavy atom. The third-order valence-corrected chi connectivity index (χ3v) is 7.54. The number of hydrogen-bond donors (Lipinski definition) is 1. The molecule has 1 saturated heterocycles. The SMILES string of the molecule is CC1=CC(C)(C)N(C)c2cc(Cl)c([C@@H]3[C@@H](c4ccccn4)NC(=S)N3CCCN(C)C)cc21. The van der Waals surface area contributed by atoms with Crippen LogP contribution in [0.15, 0.2) is 42.6 Å². The molecule has 4 rings (SSSR count). The van der Waals surface area contributed by atoms with E-state index in [-0.39, 0.29) is 17.6 Å². The van der Waals surface area contributed by atoms with Crippen molar-refractivity contribution in [3.05, 3.63) is 64.4 Å². The Morgan fingerprint density at radius 3 is 2.67 bits per heavy atom. The summed E-state index contributed by atoms with van der Waals surface area (Å²) in [5.41, 5.74) is 5.65. The number of hydrogen-bond acceptors (Lipinski definition) is 4. The molecule has 1 fully saturated rings. The minimum absolute atomic E-state index is 0.0274. The molecule has 1 aromatic heterocycles. The van der Waals surface area contributed by atoms with E-state index < -0.39 is 0 Å². The van der Waals surface area contributed by atoms with Gasteiger partial charge in [-0.05, 0) is 95.5 Å². The summed E-state index contributed by atoms with van der Waals surface area (Å²) in [6, 6.07) is 10.3. The summed E-state index contributed by atoms with van der Waals surface area (Å²) < 4.78 is 0. The topological polar surface area (TPSA) is 34.6 Å². The number of halogens is 1. The van der Waals surface area contributed by atoms with Crippen molar-refractivity contribution in [2.24, 2.45) is 0 Å². The molecule has 3 heterocycles. The van der Waals surface area contributed by atoms with Gasteiger partial charge in [-0.1, -0.05) is 23.7 Å². The third-order valence-electron chi connectivity index (χ3n) is 6.86. The average Bonchev–Trinajstić information content (AvgIpc) is 3.08. The van der Waals surface area contributed by atoms with Crippen LogP contribution in [0.4, 0.5) is 5.69 Å². The Hall–Kier alpha value is -2.15. The number of fused-ring (bicyclic) bond motifs is 1. The van der Waals surface area contributed by atoms with Crippen molar-refractivity contribution in [2.45, 2.75) is 44.8 Å². The highest BCUT2D eigenvalue weighted by atomic mass is 35.5. The fourth-order valence-electron chi connectivity index (χ4n) is 4.96. The minimum Gasteiger partial charge on any atom is -0.365 e. The van der Waals surface area contributed by atoms with Gasteiger partial charge < -0.3 is 20.0 Å². The zero-order valence-corrected chi connectivity index (χ0v) is 22.0. The Labute approximate surface area is 208 Å². The molecule has 1 aromatic carbocycles. The molecule has 0 radical (unpaired) electrons. The second-order valence-corrected chi connectivity index (χ2v) is 10.7. The summed E-state index contributed by atoms with van der Waals surface area (Å²) in [5.74, 6) is 0. The first-order valence-electron chi connectivity index (χ1n) is 11.5. The first kappa shape index (κ1) is 24.0. The molecule has 0 bridgehead atoms. The highest BCUT2D eigenvalue weighted by Gasteiger charge is 2.41. The normalized spacial score (nSPS) is 21.8. The summed E-state index contributed by atoms with van der Waals surface area (Å²) >= 11 is 12.8. The van der Waals surface area contributed by atoms with Gasteiger partial charge in [0.2, 0.25) is 0 Å². The predicted octanol–water partition coefficient (Wildman–Crippen LogP) is 5.29. The van der Waals surface area contributed by atoms with Crippen LogP contribution in [0.5, 0.6) is 0 Å². The fourth-order valence-corrected chi connectivity index (χ4v) is 5.56. The highest BCUT2D eigenvalue weighted by molar-refractivity contribution is 7.80. The van der Waals surface area contributed by atoms with E-state index in [9.17, 15) is 0 Å². The van der Waals surface area contributed by atoms with Gasteiger partial charge in [0.05, 0.1) is 23.3 Å². The molecule has 176 valence electrons. The van der Waals surface area contributed by atoms with Gasteiger partial charge in [-0.15, -0.1) is 0 Å². The van der Waals surface area contributed by atoms with Crippen molar-refractivity contribution in [3.63, 3.8) is 0 Å². The summed E-state index contributed by atoms with van der Waals surface area (Å²) in [6.07, 6.45) is 5.18. The molecular weight excluding hydrogens is 450 g/mol. The van der Waals surface area contributed by atoms with Crippen LogP contribution in [0.3, 0.4) is 0 Å². The molecule has 2 aromatic rings. The largest absolute Gasteiger partial charge is 0.365 e. The molecule has 0 amide bonds. The van der Waals surface area contributed by atoms with E-state index in [1.54, 1.807) is 0 Å². The molecule has 7 heteroatoms. The maximum absolute atomic E-state index is 7.03. The van der Waals surface area contributed by atoms with E-state index in [4.69, 9.17) is 23.8 Å². The predicted molar refractivity (Wildman–Crippen MR) is 143 cm³/mol. The molecule has 2 atom stereocenters. The number of nitrogens with zero attached hydrogens (tertiary/aromatic N) is 4. The van der Waals surface area contributed by atoms with Gasteiger partial charge in [0.25, 0.3) is 0 Å². The van der Waals surface area contributed by atoms with Crippen LogP contribution in [0, 0.1) is 0 Å². The first-order chi connectivity index (χ1) is 15.6. The molecular formula is C26H34ClN5S. The summed E-state index contributed by atoms with van der Waals surface area (Å²) in [7, 11) is 6.33. The Morgan fingerprint density at radius 1 is 1.24 bits per heavy atom. The van der Waals surface area contributed by atoms with E-state index in [0.717, 1.165) is 46.6 Å². The van der Waals surface area contributed by atoms with E-state index >= 15 is 0 Å². The van der Waals surface area contributed by atoms with Crippen LogP contribution in [0.25, 0.3) is 5.57 Å². The lowest BCUT2D eigenvalue weighted by Crippen LogP contribution is -2.42. The lowest BCUT2D eigenvalue weighted by atomic mass is 9.86. The Bertz CT molecular complexity index is 1070. The van der Waals surface area contributed by atoms with Gasteiger partial charge in [-0.25, -0.2) is 0 Å². The second kappa shape index (κ2) is 9.24. The summed E-state index contributed by atoms with van der Waals surface area (Å²) in [4.78, 5) is 11.5. The number of anilines is 1. The molecule has 0 saturated carbocycles. The second-order valence-electron chi connectivity index (χ2n) is 9.91. The molecule has 0 aliphatic carbocycles. The number of likely N-dealkylation sites (N-methyl/N-ethyl adjacent to an activating group) is 1. The van der Waals surface area contributed by atoms with Gasteiger partial charge >= 0.3 is 0 Å².